The second kappa shape index (κ2) is 4.32. The predicted octanol–water partition coefficient (Wildman–Crippen LogP) is 3.70. The molecule has 0 rings (SSSR count). The van der Waals surface area contributed by atoms with Crippen molar-refractivity contribution < 1.29 is 0 Å². The Morgan fingerprint density at radius 1 is 1.20 bits per heavy atom. The van der Waals surface area contributed by atoms with Gasteiger partial charge in [-0.25, -0.2) is 0 Å². The van der Waals surface area contributed by atoms with Crippen LogP contribution in [0, 0.1) is 0 Å². The predicted molar refractivity (Wildman–Crippen MR) is 48.1 cm³/mol. The molecule has 0 saturated heterocycles. The Kier molecular flexibility index (Phi) is 4.10. The van der Waals surface area contributed by atoms with Crippen molar-refractivity contribution in [3.8, 4) is 0 Å². The third-order valence-electron chi connectivity index (χ3n) is 2.20. The van der Waals surface area contributed by atoms with E-state index in [-0.39, 0.29) is 0 Å². The van der Waals surface area contributed by atoms with Crippen LogP contribution in [-0.4, -0.2) is 0 Å². The van der Waals surface area contributed by atoms with Crippen LogP contribution in [0.3, 0.4) is 0 Å². The lowest BCUT2D eigenvalue weighted by atomic mass is 10.0. The van der Waals surface area contributed by atoms with Crippen molar-refractivity contribution in [1.29, 1.82) is 0 Å². The van der Waals surface area contributed by atoms with Crippen molar-refractivity contribution in [3.63, 3.8) is 0 Å². The standard InChI is InChI=1S/C10H18/c1-6-8(3)10(5)9(4)7-2/h6H,7H2,1-5H3/b8-6+,10-9-. The number of hydrogen-bond acceptors (Lipinski definition) is 0. The largest absolute Gasteiger partial charge is 0.0845 e. The van der Waals surface area contributed by atoms with E-state index in [0.717, 1.165) is 6.42 Å². The van der Waals surface area contributed by atoms with E-state index in [0.29, 0.717) is 0 Å². The first kappa shape index (κ1) is 9.48. The van der Waals surface area contributed by atoms with Gasteiger partial charge < -0.3 is 0 Å². The summed E-state index contributed by atoms with van der Waals surface area (Å²) in [6.07, 6.45) is 3.32. The van der Waals surface area contributed by atoms with Crippen molar-refractivity contribution in [2.24, 2.45) is 0 Å². The molecule has 0 spiro atoms. The molecule has 0 heterocycles. The summed E-state index contributed by atoms with van der Waals surface area (Å²) in [4.78, 5) is 0. The quantitative estimate of drug-likeness (QED) is 0.510. The maximum Gasteiger partial charge on any atom is -0.0346 e. The first-order valence-electron chi connectivity index (χ1n) is 3.93. The molecule has 0 aliphatic heterocycles. The van der Waals surface area contributed by atoms with Gasteiger partial charge in [0.15, 0.2) is 0 Å². The molecule has 0 unspecified atom stereocenters. The van der Waals surface area contributed by atoms with E-state index in [1.54, 1.807) is 0 Å². The monoisotopic (exact) mass is 138 g/mol. The fraction of sp³-hybridized carbons (Fsp3) is 0.600. The molecule has 0 aromatic rings. The maximum absolute atomic E-state index is 2.20. The summed E-state index contributed by atoms with van der Waals surface area (Å²) in [7, 11) is 0. The average molecular weight is 138 g/mol. The molecule has 0 aromatic heterocycles. The minimum atomic E-state index is 1.16. The minimum Gasteiger partial charge on any atom is -0.0845 e. The highest BCUT2D eigenvalue weighted by Crippen LogP contribution is 2.15. The van der Waals surface area contributed by atoms with Gasteiger partial charge in [-0.3, -0.25) is 0 Å². The molecule has 0 amide bonds. The number of rotatable bonds is 2. The minimum absolute atomic E-state index is 1.16. The summed E-state index contributed by atoms with van der Waals surface area (Å²) in [5.74, 6) is 0. The van der Waals surface area contributed by atoms with Gasteiger partial charge in [-0.2, -0.15) is 0 Å². The third kappa shape index (κ3) is 2.38. The second-order valence-electron chi connectivity index (χ2n) is 2.73. The zero-order valence-corrected chi connectivity index (χ0v) is 7.78. The summed E-state index contributed by atoms with van der Waals surface area (Å²) < 4.78 is 0. The van der Waals surface area contributed by atoms with Crippen molar-refractivity contribution >= 4 is 0 Å². The number of allylic oxidation sites excluding steroid dienone is 4. The molecule has 10 heavy (non-hydrogen) atoms. The van der Waals surface area contributed by atoms with Gasteiger partial charge in [0.1, 0.15) is 0 Å². The van der Waals surface area contributed by atoms with Gasteiger partial charge in [-0.05, 0) is 39.7 Å². The molecular formula is C10H18. The molecule has 58 valence electrons. The summed E-state index contributed by atoms with van der Waals surface area (Å²) in [6, 6.07) is 0. The maximum atomic E-state index is 2.20. The van der Waals surface area contributed by atoms with E-state index in [4.69, 9.17) is 0 Å². The Labute approximate surface area is 64.6 Å². The summed E-state index contributed by atoms with van der Waals surface area (Å²) in [5.41, 5.74) is 4.35. The van der Waals surface area contributed by atoms with Crippen molar-refractivity contribution in [3.05, 3.63) is 22.8 Å². The van der Waals surface area contributed by atoms with Crippen LogP contribution < -0.4 is 0 Å². The Morgan fingerprint density at radius 3 is 2.00 bits per heavy atom. The van der Waals surface area contributed by atoms with Crippen LogP contribution >= 0.6 is 0 Å². The summed E-state index contributed by atoms with van der Waals surface area (Å²) in [6.45, 7) is 10.8. The van der Waals surface area contributed by atoms with E-state index < -0.39 is 0 Å². The molecule has 0 aliphatic carbocycles. The van der Waals surface area contributed by atoms with Crippen LogP contribution in [0.15, 0.2) is 22.8 Å². The van der Waals surface area contributed by atoms with Crippen LogP contribution in [0.4, 0.5) is 0 Å². The molecule has 0 radical (unpaired) electrons. The normalized spacial score (nSPS) is 15.1. The van der Waals surface area contributed by atoms with Gasteiger partial charge in [0, 0.05) is 0 Å². The van der Waals surface area contributed by atoms with Crippen molar-refractivity contribution in [2.75, 3.05) is 0 Å². The van der Waals surface area contributed by atoms with E-state index in [1.807, 2.05) is 0 Å². The Bertz CT molecular complexity index is 159. The van der Waals surface area contributed by atoms with Gasteiger partial charge in [0.2, 0.25) is 0 Å². The zero-order chi connectivity index (χ0) is 8.15. The highest BCUT2D eigenvalue weighted by atomic mass is 14.0. The van der Waals surface area contributed by atoms with Crippen molar-refractivity contribution in [2.45, 2.75) is 41.0 Å². The van der Waals surface area contributed by atoms with Crippen LogP contribution in [0.25, 0.3) is 0 Å². The van der Waals surface area contributed by atoms with Gasteiger partial charge >= 0.3 is 0 Å². The fourth-order valence-electron chi connectivity index (χ4n) is 0.818. The summed E-state index contributed by atoms with van der Waals surface area (Å²) in [5, 5.41) is 0. The van der Waals surface area contributed by atoms with E-state index >= 15 is 0 Å². The van der Waals surface area contributed by atoms with Crippen LogP contribution in [-0.2, 0) is 0 Å². The van der Waals surface area contributed by atoms with Gasteiger partial charge in [0.25, 0.3) is 0 Å². The first-order valence-corrected chi connectivity index (χ1v) is 3.93. The molecule has 0 aromatic carbocycles. The topological polar surface area (TPSA) is 0 Å². The van der Waals surface area contributed by atoms with E-state index in [9.17, 15) is 0 Å². The Morgan fingerprint density at radius 2 is 1.70 bits per heavy atom. The Balaban J connectivity index is 4.46. The lowest BCUT2D eigenvalue weighted by Crippen LogP contribution is -1.84. The SMILES string of the molecule is C/C=C(C)/C(C)=C(/C)CC. The average Bonchev–Trinajstić information content (AvgIpc) is 2.00. The zero-order valence-electron chi connectivity index (χ0n) is 7.78. The lowest BCUT2D eigenvalue weighted by Gasteiger charge is -2.04. The molecule has 0 bridgehead atoms. The van der Waals surface area contributed by atoms with Gasteiger partial charge in [-0.15, -0.1) is 0 Å². The van der Waals surface area contributed by atoms with Gasteiger partial charge in [-0.1, -0.05) is 24.1 Å². The molecule has 0 heteroatoms. The first-order chi connectivity index (χ1) is 4.63. The van der Waals surface area contributed by atoms with E-state index in [1.165, 1.54) is 16.7 Å². The fourth-order valence-corrected chi connectivity index (χ4v) is 0.818. The molecule has 0 nitrogen and oxygen atoms in total. The van der Waals surface area contributed by atoms with Gasteiger partial charge in [0.05, 0.1) is 0 Å². The molecule has 0 aliphatic rings. The molecular weight excluding hydrogens is 120 g/mol. The molecule has 0 fully saturated rings. The molecule has 0 saturated carbocycles. The van der Waals surface area contributed by atoms with Crippen LogP contribution in [0.5, 0.6) is 0 Å². The second-order valence-corrected chi connectivity index (χ2v) is 2.73. The Hall–Kier alpha value is -0.520. The highest BCUT2D eigenvalue weighted by molar-refractivity contribution is 5.30. The van der Waals surface area contributed by atoms with Crippen LogP contribution in [0.1, 0.15) is 41.0 Å². The molecule has 0 N–H and O–H groups in total. The van der Waals surface area contributed by atoms with E-state index in [2.05, 4.69) is 40.7 Å². The highest BCUT2D eigenvalue weighted by Gasteiger charge is 1.94. The smallest absolute Gasteiger partial charge is 0.0346 e. The van der Waals surface area contributed by atoms with Crippen molar-refractivity contribution in [1.82, 2.24) is 0 Å². The third-order valence-corrected chi connectivity index (χ3v) is 2.20. The van der Waals surface area contributed by atoms with Crippen LogP contribution in [0.2, 0.25) is 0 Å². The lowest BCUT2D eigenvalue weighted by molar-refractivity contribution is 1.05. The molecule has 0 atom stereocenters. The number of hydrogen-bond donors (Lipinski definition) is 0. The summed E-state index contributed by atoms with van der Waals surface area (Å²) >= 11 is 0.